The van der Waals surface area contributed by atoms with Gasteiger partial charge in [0.1, 0.15) is 0 Å². The first-order valence-electron chi connectivity index (χ1n) is 6.87. The van der Waals surface area contributed by atoms with Crippen LogP contribution in [0.2, 0.25) is 0 Å². The summed E-state index contributed by atoms with van der Waals surface area (Å²) in [6.45, 7) is 4.19. The summed E-state index contributed by atoms with van der Waals surface area (Å²) in [6, 6.07) is 5.75. The highest BCUT2D eigenvalue weighted by Gasteiger charge is 2.14. The molecule has 5 heteroatoms. The Morgan fingerprint density at radius 2 is 2.00 bits per heavy atom. The normalized spacial score (nSPS) is 20.4. The van der Waals surface area contributed by atoms with Crippen molar-refractivity contribution in [3.63, 3.8) is 0 Å². The maximum Gasteiger partial charge on any atom is 0.231 e. The Morgan fingerprint density at radius 1 is 1.20 bits per heavy atom. The third-order valence-electron chi connectivity index (χ3n) is 3.46. The minimum atomic E-state index is -0.474. The number of β-amino-alcohol motifs (C(OH)–C–C–N with tert-alkyl or cyclic N) is 1. The Hall–Kier alpha value is -1.56. The number of benzene rings is 1. The Bertz CT molecular complexity index is 483. The van der Waals surface area contributed by atoms with Crippen LogP contribution in [-0.2, 0) is 4.74 Å². The molecule has 0 saturated carbocycles. The molecule has 20 heavy (non-hydrogen) atoms. The second kappa shape index (κ2) is 6.26. The van der Waals surface area contributed by atoms with Gasteiger partial charge in [-0.05, 0) is 17.7 Å². The predicted octanol–water partition coefficient (Wildman–Crippen LogP) is 1.12. The van der Waals surface area contributed by atoms with Crippen molar-refractivity contribution in [3.8, 4) is 11.5 Å². The molecule has 0 amide bonds. The van der Waals surface area contributed by atoms with E-state index in [1.54, 1.807) is 0 Å². The molecule has 1 aromatic rings. The summed E-state index contributed by atoms with van der Waals surface area (Å²) in [6.07, 6.45) is 3.25. The maximum absolute atomic E-state index is 10.0. The number of fused-ring (bicyclic) bond motifs is 1. The van der Waals surface area contributed by atoms with Crippen molar-refractivity contribution in [2.45, 2.75) is 6.10 Å². The van der Waals surface area contributed by atoms with E-state index in [0.29, 0.717) is 6.54 Å². The highest BCUT2D eigenvalue weighted by atomic mass is 16.7. The van der Waals surface area contributed by atoms with Crippen LogP contribution in [-0.4, -0.2) is 55.8 Å². The molecule has 2 heterocycles. The molecule has 0 aromatic heterocycles. The highest BCUT2D eigenvalue weighted by molar-refractivity contribution is 5.56. The van der Waals surface area contributed by atoms with Crippen LogP contribution >= 0.6 is 0 Å². The van der Waals surface area contributed by atoms with Gasteiger partial charge in [0, 0.05) is 19.6 Å². The average molecular weight is 277 g/mol. The Kier molecular flexibility index (Phi) is 4.20. The second-order valence-corrected chi connectivity index (χ2v) is 4.95. The van der Waals surface area contributed by atoms with Gasteiger partial charge in [-0.25, -0.2) is 0 Å². The number of aliphatic hydroxyl groups is 1. The standard InChI is InChI=1S/C15H19NO4/c17-13(10-16-5-7-18-8-6-16)3-1-12-2-4-14-15(9-12)20-11-19-14/h1-4,9,13,17H,5-8,10-11H2/b3-1-. The van der Waals surface area contributed by atoms with Crippen LogP contribution in [0.3, 0.4) is 0 Å². The Balaban J connectivity index is 1.56. The molecule has 2 aliphatic heterocycles. The quantitative estimate of drug-likeness (QED) is 0.894. The molecule has 1 unspecified atom stereocenters. The minimum absolute atomic E-state index is 0.280. The van der Waals surface area contributed by atoms with Gasteiger partial charge in [0.2, 0.25) is 6.79 Å². The first kappa shape index (κ1) is 13.4. The van der Waals surface area contributed by atoms with Gasteiger partial charge in [0.25, 0.3) is 0 Å². The van der Waals surface area contributed by atoms with E-state index in [0.717, 1.165) is 43.4 Å². The molecular weight excluding hydrogens is 258 g/mol. The lowest BCUT2D eigenvalue weighted by Crippen LogP contribution is -2.40. The lowest BCUT2D eigenvalue weighted by Gasteiger charge is -2.27. The summed E-state index contributed by atoms with van der Waals surface area (Å²) >= 11 is 0. The number of aliphatic hydroxyl groups excluding tert-OH is 1. The van der Waals surface area contributed by atoms with E-state index >= 15 is 0 Å². The molecule has 0 aliphatic carbocycles. The van der Waals surface area contributed by atoms with Crippen LogP contribution < -0.4 is 9.47 Å². The van der Waals surface area contributed by atoms with E-state index in [1.165, 1.54) is 0 Å². The summed E-state index contributed by atoms with van der Waals surface area (Å²) in [7, 11) is 0. The Morgan fingerprint density at radius 3 is 2.85 bits per heavy atom. The van der Waals surface area contributed by atoms with Crippen LogP contribution in [0.25, 0.3) is 6.08 Å². The molecular formula is C15H19NO4. The molecule has 1 fully saturated rings. The lowest BCUT2D eigenvalue weighted by molar-refractivity contribution is 0.0223. The molecule has 1 aromatic carbocycles. The smallest absolute Gasteiger partial charge is 0.231 e. The van der Waals surface area contributed by atoms with Crippen molar-refractivity contribution in [1.82, 2.24) is 4.90 Å². The molecule has 1 atom stereocenters. The van der Waals surface area contributed by atoms with Crippen LogP contribution in [0, 0.1) is 0 Å². The van der Waals surface area contributed by atoms with Crippen LogP contribution in [0.1, 0.15) is 5.56 Å². The second-order valence-electron chi connectivity index (χ2n) is 4.95. The van der Waals surface area contributed by atoms with Crippen molar-refractivity contribution >= 4 is 6.08 Å². The van der Waals surface area contributed by atoms with Crippen molar-refractivity contribution in [1.29, 1.82) is 0 Å². The lowest BCUT2D eigenvalue weighted by atomic mass is 10.1. The fourth-order valence-corrected chi connectivity index (χ4v) is 2.35. The highest BCUT2D eigenvalue weighted by Crippen LogP contribution is 2.32. The first-order valence-corrected chi connectivity index (χ1v) is 6.87. The van der Waals surface area contributed by atoms with Gasteiger partial charge in [-0.3, -0.25) is 4.90 Å². The summed E-state index contributed by atoms with van der Waals surface area (Å²) < 4.78 is 15.9. The van der Waals surface area contributed by atoms with E-state index in [4.69, 9.17) is 14.2 Å². The first-order chi connectivity index (χ1) is 9.81. The van der Waals surface area contributed by atoms with E-state index in [2.05, 4.69) is 4.90 Å². The molecule has 0 spiro atoms. The van der Waals surface area contributed by atoms with Crippen LogP contribution in [0.15, 0.2) is 24.3 Å². The zero-order valence-electron chi connectivity index (χ0n) is 11.3. The van der Waals surface area contributed by atoms with Crippen LogP contribution in [0.4, 0.5) is 0 Å². The zero-order chi connectivity index (χ0) is 13.8. The fourth-order valence-electron chi connectivity index (χ4n) is 2.35. The average Bonchev–Trinajstić information content (AvgIpc) is 2.93. The van der Waals surface area contributed by atoms with Gasteiger partial charge in [0.05, 0.1) is 19.3 Å². The molecule has 1 saturated heterocycles. The predicted molar refractivity (Wildman–Crippen MR) is 74.9 cm³/mol. The number of ether oxygens (including phenoxy) is 3. The zero-order valence-corrected chi connectivity index (χ0v) is 11.3. The SMILES string of the molecule is OC(/C=C\c1ccc2c(c1)OCO2)CN1CCOCC1. The molecule has 1 N–H and O–H groups in total. The van der Waals surface area contributed by atoms with Crippen molar-refractivity contribution < 1.29 is 19.3 Å². The number of hydrogen-bond donors (Lipinski definition) is 1. The van der Waals surface area contributed by atoms with Gasteiger partial charge >= 0.3 is 0 Å². The number of nitrogens with zero attached hydrogens (tertiary/aromatic N) is 1. The maximum atomic E-state index is 10.0. The fraction of sp³-hybridized carbons (Fsp3) is 0.467. The summed E-state index contributed by atoms with van der Waals surface area (Å²) in [5, 5.41) is 10.0. The number of rotatable bonds is 4. The van der Waals surface area contributed by atoms with Gasteiger partial charge in [-0.15, -0.1) is 0 Å². The molecule has 0 radical (unpaired) electrons. The molecule has 5 nitrogen and oxygen atoms in total. The number of hydrogen-bond acceptors (Lipinski definition) is 5. The summed E-state index contributed by atoms with van der Waals surface area (Å²) in [5.41, 5.74) is 0.996. The molecule has 0 bridgehead atoms. The molecule has 2 aliphatic rings. The van der Waals surface area contributed by atoms with Crippen molar-refractivity contribution in [2.75, 3.05) is 39.6 Å². The third kappa shape index (κ3) is 3.30. The Labute approximate surface area is 118 Å². The molecule has 3 rings (SSSR count). The largest absolute Gasteiger partial charge is 0.454 e. The van der Waals surface area contributed by atoms with Gasteiger partial charge in [0.15, 0.2) is 11.5 Å². The van der Waals surface area contributed by atoms with Gasteiger partial charge in [-0.1, -0.05) is 18.2 Å². The van der Waals surface area contributed by atoms with E-state index in [1.807, 2.05) is 30.4 Å². The van der Waals surface area contributed by atoms with E-state index < -0.39 is 6.10 Å². The topological polar surface area (TPSA) is 51.2 Å². The third-order valence-corrected chi connectivity index (χ3v) is 3.46. The number of morpholine rings is 1. The van der Waals surface area contributed by atoms with Gasteiger partial charge in [-0.2, -0.15) is 0 Å². The minimum Gasteiger partial charge on any atom is -0.454 e. The van der Waals surface area contributed by atoms with Crippen molar-refractivity contribution in [2.24, 2.45) is 0 Å². The van der Waals surface area contributed by atoms with E-state index in [9.17, 15) is 5.11 Å². The summed E-state index contributed by atoms with van der Waals surface area (Å²) in [4.78, 5) is 2.21. The van der Waals surface area contributed by atoms with E-state index in [-0.39, 0.29) is 6.79 Å². The van der Waals surface area contributed by atoms with Crippen LogP contribution in [0.5, 0.6) is 11.5 Å². The monoisotopic (exact) mass is 277 g/mol. The van der Waals surface area contributed by atoms with Crippen molar-refractivity contribution in [3.05, 3.63) is 29.8 Å². The summed E-state index contributed by atoms with van der Waals surface area (Å²) in [5.74, 6) is 1.53. The molecule has 108 valence electrons. The van der Waals surface area contributed by atoms with Gasteiger partial charge < -0.3 is 19.3 Å².